The summed E-state index contributed by atoms with van der Waals surface area (Å²) < 4.78 is 10.6. The zero-order valence-electron chi connectivity index (χ0n) is 15.4. The van der Waals surface area contributed by atoms with Crippen LogP contribution in [0.15, 0.2) is 60.7 Å². The normalized spacial score (nSPS) is 10.6. The molecule has 0 aliphatic carbocycles. The summed E-state index contributed by atoms with van der Waals surface area (Å²) in [6, 6.07) is 20.0. The van der Waals surface area contributed by atoms with Crippen molar-refractivity contribution in [2.45, 2.75) is 13.0 Å². The molecular weight excluding hydrogens is 326 g/mol. The molecule has 3 aromatic carbocycles. The number of amides is 1. The third kappa shape index (κ3) is 3.97. The van der Waals surface area contributed by atoms with Gasteiger partial charge in [-0.25, -0.2) is 0 Å². The number of likely N-dealkylation sites (N-methyl/N-ethyl adjacent to an activating group) is 1. The quantitative estimate of drug-likeness (QED) is 0.674. The fourth-order valence-electron chi connectivity index (χ4n) is 3.00. The first-order valence-electron chi connectivity index (χ1n) is 8.53. The Labute approximate surface area is 154 Å². The molecule has 0 saturated heterocycles. The van der Waals surface area contributed by atoms with Crippen LogP contribution in [0, 0.1) is 0 Å². The fourth-order valence-corrected chi connectivity index (χ4v) is 3.00. The second-order valence-corrected chi connectivity index (χ2v) is 6.30. The maximum absolute atomic E-state index is 12.6. The standard InChI is InChI=1S/C22H23NO3/c1-23(15-17-9-11-20(25-2)21(13-17)26-3)22(24)14-16-8-10-18-6-4-5-7-19(18)12-16/h4-13H,14-15H2,1-3H3. The molecule has 0 atom stereocenters. The minimum atomic E-state index is 0.0788. The van der Waals surface area contributed by atoms with Crippen molar-refractivity contribution in [3.8, 4) is 11.5 Å². The predicted molar refractivity (Wildman–Crippen MR) is 104 cm³/mol. The molecule has 26 heavy (non-hydrogen) atoms. The predicted octanol–water partition coefficient (Wildman–Crippen LogP) is 4.06. The Balaban J connectivity index is 1.69. The molecule has 0 N–H and O–H groups in total. The highest BCUT2D eigenvalue weighted by Crippen LogP contribution is 2.28. The van der Waals surface area contributed by atoms with Crippen molar-refractivity contribution >= 4 is 16.7 Å². The number of hydrogen-bond acceptors (Lipinski definition) is 3. The van der Waals surface area contributed by atoms with Crippen LogP contribution in [0.3, 0.4) is 0 Å². The molecule has 1 amide bonds. The number of ether oxygens (including phenoxy) is 2. The molecule has 0 aliphatic heterocycles. The summed E-state index contributed by atoms with van der Waals surface area (Å²) in [7, 11) is 5.03. The van der Waals surface area contributed by atoms with Crippen LogP contribution in [0.4, 0.5) is 0 Å². The first kappa shape index (κ1) is 17.8. The molecule has 0 radical (unpaired) electrons. The molecule has 4 heteroatoms. The number of hydrogen-bond donors (Lipinski definition) is 0. The van der Waals surface area contributed by atoms with Gasteiger partial charge in [-0.2, -0.15) is 0 Å². The summed E-state index contributed by atoms with van der Waals surface area (Å²) in [5, 5.41) is 2.34. The SMILES string of the molecule is COc1ccc(CN(C)C(=O)Cc2ccc3ccccc3c2)cc1OC. The lowest BCUT2D eigenvalue weighted by atomic mass is 10.0. The van der Waals surface area contributed by atoms with Gasteiger partial charge in [-0.15, -0.1) is 0 Å². The number of benzene rings is 3. The lowest BCUT2D eigenvalue weighted by Crippen LogP contribution is -2.27. The maximum atomic E-state index is 12.6. The number of carbonyl (C=O) groups is 1. The molecule has 0 spiro atoms. The molecule has 134 valence electrons. The van der Waals surface area contributed by atoms with Crippen LogP contribution in [-0.2, 0) is 17.8 Å². The van der Waals surface area contributed by atoms with Crippen molar-refractivity contribution in [1.82, 2.24) is 4.90 Å². The van der Waals surface area contributed by atoms with E-state index in [4.69, 9.17) is 9.47 Å². The zero-order valence-corrected chi connectivity index (χ0v) is 15.4. The summed E-state index contributed by atoms with van der Waals surface area (Å²) in [6.07, 6.45) is 0.384. The molecule has 0 aliphatic rings. The van der Waals surface area contributed by atoms with Crippen molar-refractivity contribution in [1.29, 1.82) is 0 Å². The smallest absolute Gasteiger partial charge is 0.227 e. The van der Waals surface area contributed by atoms with E-state index >= 15 is 0 Å². The van der Waals surface area contributed by atoms with Crippen molar-refractivity contribution in [2.75, 3.05) is 21.3 Å². The molecule has 3 aromatic rings. The lowest BCUT2D eigenvalue weighted by Gasteiger charge is -2.18. The van der Waals surface area contributed by atoms with Crippen LogP contribution >= 0.6 is 0 Å². The molecule has 0 aromatic heterocycles. The van der Waals surface area contributed by atoms with Gasteiger partial charge in [-0.1, -0.05) is 48.5 Å². The number of rotatable bonds is 6. The average molecular weight is 349 g/mol. The van der Waals surface area contributed by atoms with Gasteiger partial charge in [0.15, 0.2) is 11.5 Å². The molecule has 0 fully saturated rings. The molecular formula is C22H23NO3. The summed E-state index contributed by atoms with van der Waals surface area (Å²) in [4.78, 5) is 14.3. The van der Waals surface area contributed by atoms with E-state index in [1.165, 1.54) is 5.39 Å². The topological polar surface area (TPSA) is 38.8 Å². The van der Waals surface area contributed by atoms with E-state index in [0.29, 0.717) is 24.5 Å². The molecule has 4 nitrogen and oxygen atoms in total. The van der Waals surface area contributed by atoms with Crippen LogP contribution in [0.5, 0.6) is 11.5 Å². The summed E-state index contributed by atoms with van der Waals surface area (Å²) in [5.74, 6) is 1.43. The van der Waals surface area contributed by atoms with Gasteiger partial charge in [0.1, 0.15) is 0 Å². The summed E-state index contributed by atoms with van der Waals surface area (Å²) in [6.45, 7) is 0.521. The second kappa shape index (κ2) is 7.91. The zero-order chi connectivity index (χ0) is 18.5. The Kier molecular flexibility index (Phi) is 5.42. The summed E-state index contributed by atoms with van der Waals surface area (Å²) in [5.41, 5.74) is 2.02. The van der Waals surface area contributed by atoms with Gasteiger partial charge in [0.05, 0.1) is 20.6 Å². The van der Waals surface area contributed by atoms with Gasteiger partial charge in [-0.3, -0.25) is 4.79 Å². The van der Waals surface area contributed by atoms with Gasteiger partial charge in [-0.05, 0) is 34.0 Å². The molecule has 0 bridgehead atoms. The molecule has 0 heterocycles. The van der Waals surface area contributed by atoms with E-state index in [1.54, 1.807) is 19.1 Å². The summed E-state index contributed by atoms with van der Waals surface area (Å²) >= 11 is 0. The number of fused-ring (bicyclic) bond motifs is 1. The maximum Gasteiger partial charge on any atom is 0.227 e. The largest absolute Gasteiger partial charge is 0.493 e. The number of nitrogens with zero attached hydrogens (tertiary/aromatic N) is 1. The highest BCUT2D eigenvalue weighted by Gasteiger charge is 2.12. The van der Waals surface area contributed by atoms with Crippen LogP contribution < -0.4 is 9.47 Å². The van der Waals surface area contributed by atoms with E-state index < -0.39 is 0 Å². The van der Waals surface area contributed by atoms with Gasteiger partial charge in [0.2, 0.25) is 5.91 Å². The van der Waals surface area contributed by atoms with Crippen molar-refractivity contribution in [3.05, 3.63) is 71.8 Å². The fraction of sp³-hybridized carbons (Fsp3) is 0.227. The van der Waals surface area contributed by atoms with Gasteiger partial charge < -0.3 is 14.4 Å². The third-order valence-corrected chi connectivity index (χ3v) is 4.46. The Bertz CT molecular complexity index is 920. The van der Waals surface area contributed by atoms with Crippen molar-refractivity contribution in [2.24, 2.45) is 0 Å². The Hall–Kier alpha value is -3.01. The highest BCUT2D eigenvalue weighted by atomic mass is 16.5. The third-order valence-electron chi connectivity index (χ3n) is 4.46. The van der Waals surface area contributed by atoms with E-state index in [-0.39, 0.29) is 5.91 Å². The first-order chi connectivity index (χ1) is 12.6. The van der Waals surface area contributed by atoms with Crippen LogP contribution in [0.1, 0.15) is 11.1 Å². The average Bonchev–Trinajstić information content (AvgIpc) is 2.67. The van der Waals surface area contributed by atoms with Gasteiger partial charge >= 0.3 is 0 Å². The van der Waals surface area contributed by atoms with Crippen LogP contribution in [0.2, 0.25) is 0 Å². The first-order valence-corrected chi connectivity index (χ1v) is 8.53. The molecule has 0 saturated carbocycles. The minimum absolute atomic E-state index is 0.0788. The highest BCUT2D eigenvalue weighted by molar-refractivity contribution is 5.85. The van der Waals surface area contributed by atoms with E-state index in [1.807, 2.05) is 43.4 Å². The molecule has 3 rings (SSSR count). The number of methoxy groups -OCH3 is 2. The van der Waals surface area contributed by atoms with E-state index in [0.717, 1.165) is 16.5 Å². The van der Waals surface area contributed by atoms with Crippen molar-refractivity contribution < 1.29 is 14.3 Å². The van der Waals surface area contributed by atoms with E-state index in [2.05, 4.69) is 24.3 Å². The van der Waals surface area contributed by atoms with Crippen LogP contribution in [0.25, 0.3) is 10.8 Å². The Morgan fingerprint density at radius 1 is 0.846 bits per heavy atom. The van der Waals surface area contributed by atoms with Gasteiger partial charge in [0.25, 0.3) is 0 Å². The van der Waals surface area contributed by atoms with Crippen molar-refractivity contribution in [3.63, 3.8) is 0 Å². The lowest BCUT2D eigenvalue weighted by molar-refractivity contribution is -0.129. The molecule has 0 unspecified atom stereocenters. The van der Waals surface area contributed by atoms with E-state index in [9.17, 15) is 4.79 Å². The minimum Gasteiger partial charge on any atom is -0.493 e. The Morgan fingerprint density at radius 2 is 1.54 bits per heavy atom. The monoisotopic (exact) mass is 349 g/mol. The van der Waals surface area contributed by atoms with Crippen LogP contribution in [-0.4, -0.2) is 32.1 Å². The van der Waals surface area contributed by atoms with Gasteiger partial charge in [0, 0.05) is 13.6 Å². The second-order valence-electron chi connectivity index (χ2n) is 6.30. The number of carbonyl (C=O) groups excluding carboxylic acids is 1. The Morgan fingerprint density at radius 3 is 2.27 bits per heavy atom.